The zero-order valence-corrected chi connectivity index (χ0v) is 16.6. The van der Waals surface area contributed by atoms with Crippen molar-refractivity contribution in [1.29, 1.82) is 0 Å². The predicted octanol–water partition coefficient (Wildman–Crippen LogP) is 4.12. The Morgan fingerprint density at radius 3 is 2.27 bits per heavy atom. The summed E-state index contributed by atoms with van der Waals surface area (Å²) in [6.07, 6.45) is -0.245. The first kappa shape index (κ1) is 19.0. The van der Waals surface area contributed by atoms with Gasteiger partial charge in [0.1, 0.15) is 11.9 Å². The van der Waals surface area contributed by atoms with Crippen LogP contribution in [-0.2, 0) is 14.0 Å². The Hall–Kier alpha value is -1.79. The van der Waals surface area contributed by atoms with Gasteiger partial charge < -0.3 is 18.8 Å². The molecule has 3 rings (SSSR count). The number of hydrogen-bond acceptors (Lipinski definition) is 5. The molecule has 0 spiro atoms. The third kappa shape index (κ3) is 2.58. The largest absolute Gasteiger partial charge is 0.490 e. The molecular formula is C20H27BO5. The van der Waals surface area contributed by atoms with Crippen LogP contribution in [0.1, 0.15) is 57.5 Å². The lowest BCUT2D eigenvalue weighted by atomic mass is 9.50. The summed E-state index contributed by atoms with van der Waals surface area (Å²) in [6.45, 7) is 16.5. The molecule has 1 unspecified atom stereocenters. The van der Waals surface area contributed by atoms with Crippen molar-refractivity contribution >= 4 is 18.7 Å². The highest BCUT2D eigenvalue weighted by molar-refractivity contribution is 6.53. The van der Waals surface area contributed by atoms with Gasteiger partial charge in [0.05, 0.1) is 29.2 Å². The monoisotopic (exact) mass is 358 g/mol. The minimum Gasteiger partial charge on any atom is -0.490 e. The molecule has 5 nitrogen and oxygen atoms in total. The minimum absolute atomic E-state index is 0.245. The minimum atomic E-state index is -0.565. The molecule has 0 amide bonds. The number of carbonyl (C=O) groups excluding carboxylic acids is 1. The van der Waals surface area contributed by atoms with Gasteiger partial charge in [0.25, 0.3) is 0 Å². The van der Waals surface area contributed by atoms with Gasteiger partial charge in [0.15, 0.2) is 0 Å². The number of rotatable bonds is 2. The Morgan fingerprint density at radius 1 is 1.15 bits per heavy atom. The highest BCUT2D eigenvalue weighted by Gasteiger charge is 2.62. The van der Waals surface area contributed by atoms with Crippen LogP contribution >= 0.6 is 0 Å². The molecule has 1 saturated heterocycles. The van der Waals surface area contributed by atoms with Crippen molar-refractivity contribution in [2.45, 2.75) is 64.2 Å². The Kier molecular flexibility index (Phi) is 4.28. The summed E-state index contributed by atoms with van der Waals surface area (Å²) in [5.41, 5.74) is 1.31. The van der Waals surface area contributed by atoms with E-state index in [0.29, 0.717) is 11.3 Å². The first-order valence-corrected chi connectivity index (χ1v) is 8.88. The Morgan fingerprint density at radius 2 is 1.73 bits per heavy atom. The van der Waals surface area contributed by atoms with Gasteiger partial charge in [-0.25, -0.2) is 4.79 Å². The molecule has 140 valence electrons. The summed E-state index contributed by atoms with van der Waals surface area (Å²) >= 11 is 0. The first-order valence-electron chi connectivity index (χ1n) is 8.88. The SMILES string of the molecule is C=C1c2ccc(C(=O)OC)cc2OC(C)[C@@]1(C)B1OC(C)(C)C(C)(C)O1. The van der Waals surface area contributed by atoms with E-state index in [2.05, 4.69) is 13.5 Å². The molecule has 0 radical (unpaired) electrons. The van der Waals surface area contributed by atoms with E-state index in [1.807, 2.05) is 40.7 Å². The number of methoxy groups -OCH3 is 1. The van der Waals surface area contributed by atoms with E-state index < -0.39 is 29.6 Å². The fourth-order valence-electron chi connectivity index (χ4n) is 3.38. The van der Waals surface area contributed by atoms with Gasteiger partial charge in [-0.05, 0) is 52.3 Å². The van der Waals surface area contributed by atoms with Crippen LogP contribution in [0, 0.1) is 0 Å². The molecule has 0 bridgehead atoms. The van der Waals surface area contributed by atoms with Crippen molar-refractivity contribution in [2.24, 2.45) is 0 Å². The van der Waals surface area contributed by atoms with Crippen LogP contribution in [0.4, 0.5) is 0 Å². The van der Waals surface area contributed by atoms with E-state index in [1.165, 1.54) is 7.11 Å². The topological polar surface area (TPSA) is 54.0 Å². The van der Waals surface area contributed by atoms with Gasteiger partial charge in [-0.2, -0.15) is 0 Å². The predicted molar refractivity (Wildman–Crippen MR) is 101 cm³/mol. The molecule has 2 aliphatic rings. The second kappa shape index (κ2) is 5.86. The maximum Gasteiger partial charge on any atom is 0.472 e. The van der Waals surface area contributed by atoms with E-state index in [4.69, 9.17) is 18.8 Å². The van der Waals surface area contributed by atoms with Gasteiger partial charge in [-0.15, -0.1) is 0 Å². The van der Waals surface area contributed by atoms with Crippen molar-refractivity contribution in [2.75, 3.05) is 7.11 Å². The molecule has 1 aromatic carbocycles. The van der Waals surface area contributed by atoms with Gasteiger partial charge in [0, 0.05) is 5.56 Å². The van der Waals surface area contributed by atoms with Crippen LogP contribution in [0.2, 0.25) is 5.31 Å². The number of ether oxygens (including phenoxy) is 2. The molecule has 0 aliphatic carbocycles. The van der Waals surface area contributed by atoms with Crippen molar-refractivity contribution in [3.8, 4) is 5.75 Å². The zero-order chi connectivity index (χ0) is 19.5. The molecule has 6 heteroatoms. The standard InChI is InChI=1S/C20H27BO5/c1-12-15-10-9-14(17(22)23-8)11-16(15)24-13(2)20(12,7)21-25-18(3,4)19(5,6)26-21/h9-11,13H,1H2,2-8H3/t13?,20-/m0/s1. The van der Waals surface area contributed by atoms with Crippen molar-refractivity contribution in [3.05, 3.63) is 35.9 Å². The quantitative estimate of drug-likeness (QED) is 0.588. The molecule has 2 atom stereocenters. The summed E-state index contributed by atoms with van der Waals surface area (Å²) in [5.74, 6) is 0.230. The lowest BCUT2D eigenvalue weighted by molar-refractivity contribution is 0.00578. The zero-order valence-electron chi connectivity index (χ0n) is 16.6. The van der Waals surface area contributed by atoms with Crippen LogP contribution in [-0.4, -0.2) is 37.5 Å². The summed E-state index contributed by atoms with van der Waals surface area (Å²) in [6, 6.07) is 5.27. The van der Waals surface area contributed by atoms with Gasteiger partial charge in [-0.1, -0.05) is 19.6 Å². The van der Waals surface area contributed by atoms with E-state index in [-0.39, 0.29) is 6.10 Å². The highest BCUT2D eigenvalue weighted by atomic mass is 16.7. The third-order valence-electron chi connectivity index (χ3n) is 6.27. The summed E-state index contributed by atoms with van der Waals surface area (Å²) < 4.78 is 23.6. The van der Waals surface area contributed by atoms with E-state index in [9.17, 15) is 4.79 Å². The maximum atomic E-state index is 11.8. The van der Waals surface area contributed by atoms with Gasteiger partial charge in [-0.3, -0.25) is 0 Å². The lowest BCUT2D eigenvalue weighted by Gasteiger charge is -2.43. The molecule has 26 heavy (non-hydrogen) atoms. The number of benzene rings is 1. The molecule has 0 saturated carbocycles. The number of carbonyl (C=O) groups is 1. The Bertz CT molecular complexity index is 753. The van der Waals surface area contributed by atoms with Crippen LogP contribution in [0.15, 0.2) is 24.8 Å². The Balaban J connectivity index is 2.00. The highest BCUT2D eigenvalue weighted by Crippen LogP contribution is 2.57. The fraction of sp³-hybridized carbons (Fsp3) is 0.550. The summed E-state index contributed by atoms with van der Waals surface area (Å²) in [7, 11) is 0.878. The molecule has 1 aromatic rings. The molecule has 0 aromatic heterocycles. The smallest absolute Gasteiger partial charge is 0.472 e. The molecule has 2 aliphatic heterocycles. The molecule has 1 fully saturated rings. The first-order chi connectivity index (χ1) is 11.9. The van der Waals surface area contributed by atoms with Gasteiger partial charge >= 0.3 is 13.1 Å². The summed E-state index contributed by atoms with van der Waals surface area (Å²) in [4.78, 5) is 11.8. The number of esters is 1. The average Bonchev–Trinajstić information content (AvgIpc) is 2.79. The van der Waals surface area contributed by atoms with Gasteiger partial charge in [0.2, 0.25) is 0 Å². The number of hydrogen-bond donors (Lipinski definition) is 0. The lowest BCUT2D eigenvalue weighted by Crippen LogP contribution is -2.46. The van der Waals surface area contributed by atoms with E-state index >= 15 is 0 Å². The van der Waals surface area contributed by atoms with Crippen LogP contribution in [0.3, 0.4) is 0 Å². The fourth-order valence-corrected chi connectivity index (χ4v) is 3.38. The second-order valence-corrected chi connectivity index (χ2v) is 8.31. The van der Waals surface area contributed by atoms with E-state index in [1.54, 1.807) is 12.1 Å². The maximum absolute atomic E-state index is 11.8. The van der Waals surface area contributed by atoms with Crippen LogP contribution in [0.25, 0.3) is 5.57 Å². The molecular weight excluding hydrogens is 331 g/mol. The van der Waals surface area contributed by atoms with Crippen molar-refractivity contribution < 1.29 is 23.6 Å². The van der Waals surface area contributed by atoms with Crippen LogP contribution in [0.5, 0.6) is 5.75 Å². The molecule has 0 N–H and O–H groups in total. The normalized spacial score (nSPS) is 29.1. The summed E-state index contributed by atoms with van der Waals surface area (Å²) in [5, 5.41) is -0.565. The number of fused-ring (bicyclic) bond motifs is 1. The molecule has 2 heterocycles. The Labute approximate surface area is 155 Å². The van der Waals surface area contributed by atoms with Crippen molar-refractivity contribution in [3.63, 3.8) is 0 Å². The van der Waals surface area contributed by atoms with E-state index in [0.717, 1.165) is 11.1 Å². The average molecular weight is 358 g/mol. The second-order valence-electron chi connectivity index (χ2n) is 8.31. The third-order valence-corrected chi connectivity index (χ3v) is 6.27. The van der Waals surface area contributed by atoms with Crippen LogP contribution < -0.4 is 4.74 Å². The van der Waals surface area contributed by atoms with Crippen molar-refractivity contribution in [1.82, 2.24) is 0 Å².